The first-order chi connectivity index (χ1) is 21.2. The van der Waals surface area contributed by atoms with Gasteiger partial charge in [-0.2, -0.15) is 5.10 Å². The zero-order chi connectivity index (χ0) is 30.5. The molecule has 0 amide bonds. The van der Waals surface area contributed by atoms with Gasteiger partial charge in [0.2, 0.25) is 0 Å². The Morgan fingerprint density at radius 1 is 0.955 bits per heavy atom. The number of benzene rings is 3. The van der Waals surface area contributed by atoms with Crippen LogP contribution in [0.3, 0.4) is 0 Å². The molecule has 0 bridgehead atoms. The number of aromatic nitrogens is 6. The van der Waals surface area contributed by atoms with Crippen molar-refractivity contribution in [1.82, 2.24) is 29.8 Å². The Morgan fingerprint density at radius 3 is 2.50 bits per heavy atom. The third kappa shape index (κ3) is 5.48. The smallest absolute Gasteiger partial charge is 0.184 e. The molecule has 0 radical (unpaired) electrons. The van der Waals surface area contributed by atoms with Crippen molar-refractivity contribution >= 4 is 34.8 Å². The Balaban J connectivity index is 1.27. The number of aryl methyl sites for hydroxylation is 1. The molecule has 2 saturated heterocycles. The molecule has 226 valence electrons. The highest BCUT2D eigenvalue weighted by Gasteiger charge is 2.47. The molecule has 2 fully saturated rings. The minimum absolute atomic E-state index is 0.192. The van der Waals surface area contributed by atoms with Crippen LogP contribution < -0.4 is 0 Å². The Hall–Kier alpha value is -3.45. The molecule has 2 aromatic heterocycles. The van der Waals surface area contributed by atoms with Crippen molar-refractivity contribution in [3.63, 3.8) is 0 Å². The number of hydrogen-bond donors (Lipinski definition) is 0. The Bertz CT molecular complexity index is 1820. The van der Waals surface area contributed by atoms with Crippen LogP contribution in [-0.4, -0.2) is 48.6 Å². The minimum Gasteiger partial charge on any atom is -0.362 e. The van der Waals surface area contributed by atoms with E-state index in [9.17, 15) is 8.78 Å². The zero-order valence-electron chi connectivity index (χ0n) is 22.9. The fraction of sp³-hybridized carbons (Fsp3) is 0.267. The summed E-state index contributed by atoms with van der Waals surface area (Å²) in [5.74, 6) is -0.776. The molecule has 9 nitrogen and oxygen atoms in total. The minimum atomic E-state index is -0.893. The van der Waals surface area contributed by atoms with E-state index in [2.05, 4.69) is 15.4 Å². The van der Waals surface area contributed by atoms with Gasteiger partial charge in [0.25, 0.3) is 0 Å². The Labute approximate surface area is 265 Å². The third-order valence-electron chi connectivity index (χ3n) is 7.60. The second-order valence-corrected chi connectivity index (χ2v) is 11.7. The SMILES string of the molecule is Cc1nc([C@@H]2C[C@H](n3cc(-c4cc(F)c(Cl)c(F)c4)nn3)[C@H]3O[C@@H](c4ccccc4)OC[C@H]3O2)n(-c2cc(Cl)ccc2Cl)n1. The number of hydrogen-bond acceptors (Lipinski definition) is 7. The quantitative estimate of drug-likeness (QED) is 0.184. The van der Waals surface area contributed by atoms with Gasteiger partial charge in [0.15, 0.2) is 12.1 Å². The summed E-state index contributed by atoms with van der Waals surface area (Å²) < 4.78 is 51.0. The fourth-order valence-corrected chi connectivity index (χ4v) is 6.04. The maximum Gasteiger partial charge on any atom is 0.184 e. The average molecular weight is 660 g/mol. The molecule has 0 spiro atoms. The monoisotopic (exact) mass is 658 g/mol. The lowest BCUT2D eigenvalue weighted by Gasteiger charge is -2.45. The molecule has 7 rings (SSSR count). The van der Waals surface area contributed by atoms with Crippen molar-refractivity contribution in [2.75, 3.05) is 6.61 Å². The Morgan fingerprint density at radius 2 is 1.73 bits per heavy atom. The van der Waals surface area contributed by atoms with Crippen LogP contribution in [0.4, 0.5) is 8.78 Å². The molecule has 2 aliphatic rings. The molecule has 5 atom stereocenters. The summed E-state index contributed by atoms with van der Waals surface area (Å²) in [6.07, 6.45) is -0.338. The lowest BCUT2D eigenvalue weighted by Crippen LogP contribution is -2.51. The number of nitrogens with zero attached hydrogens (tertiary/aromatic N) is 6. The lowest BCUT2D eigenvalue weighted by atomic mass is 9.93. The third-order valence-corrected chi connectivity index (χ3v) is 8.51. The van der Waals surface area contributed by atoms with Gasteiger partial charge in [-0.1, -0.05) is 70.3 Å². The second kappa shape index (κ2) is 11.8. The summed E-state index contributed by atoms with van der Waals surface area (Å²) in [6, 6.07) is 16.4. The van der Waals surface area contributed by atoms with Crippen molar-refractivity contribution in [3.05, 3.63) is 111 Å². The summed E-state index contributed by atoms with van der Waals surface area (Å²) >= 11 is 18.5. The van der Waals surface area contributed by atoms with Gasteiger partial charge >= 0.3 is 0 Å². The van der Waals surface area contributed by atoms with Crippen LogP contribution in [0, 0.1) is 18.6 Å². The standard InChI is InChI=1S/C30H23Cl3F2N6O3/c1-15-36-29(41(38-15)23-11-18(31)7-8-19(23)32)25-12-24(28-26(43-25)14-42-30(44-28)16-5-3-2-4-6-16)40-13-22(37-39-40)17-9-20(34)27(33)21(35)10-17/h2-11,13,24-26,28,30H,12,14H2,1H3/t24-,25-,26+,28+,30-/m0/s1. The predicted octanol–water partition coefficient (Wildman–Crippen LogP) is 7.26. The number of rotatable bonds is 5. The van der Waals surface area contributed by atoms with E-state index in [1.54, 1.807) is 40.7 Å². The molecule has 3 aromatic carbocycles. The largest absolute Gasteiger partial charge is 0.362 e. The van der Waals surface area contributed by atoms with Crippen LogP contribution in [0.15, 0.2) is 66.9 Å². The zero-order valence-corrected chi connectivity index (χ0v) is 25.2. The van der Waals surface area contributed by atoms with Crippen LogP contribution in [0.25, 0.3) is 16.9 Å². The van der Waals surface area contributed by atoms with E-state index in [1.165, 1.54) is 0 Å². The topological polar surface area (TPSA) is 89.1 Å². The van der Waals surface area contributed by atoms with E-state index >= 15 is 0 Å². The summed E-state index contributed by atoms with van der Waals surface area (Å²) in [6.45, 7) is 1.99. The van der Waals surface area contributed by atoms with Gasteiger partial charge in [-0.15, -0.1) is 5.10 Å². The maximum atomic E-state index is 14.3. The first-order valence-electron chi connectivity index (χ1n) is 13.7. The highest BCUT2D eigenvalue weighted by Crippen LogP contribution is 2.44. The second-order valence-electron chi connectivity index (χ2n) is 10.5. The van der Waals surface area contributed by atoms with Gasteiger partial charge in [0, 0.05) is 22.6 Å². The van der Waals surface area contributed by atoms with Crippen LogP contribution in [-0.2, 0) is 14.2 Å². The van der Waals surface area contributed by atoms with Gasteiger partial charge < -0.3 is 14.2 Å². The van der Waals surface area contributed by atoms with E-state index in [-0.39, 0.29) is 17.9 Å². The molecular weight excluding hydrogens is 637 g/mol. The molecule has 4 heterocycles. The van der Waals surface area contributed by atoms with Gasteiger partial charge in [-0.3, -0.25) is 0 Å². The van der Waals surface area contributed by atoms with Crippen molar-refractivity contribution in [2.45, 2.75) is 44.0 Å². The van der Waals surface area contributed by atoms with Gasteiger partial charge in [0.1, 0.15) is 46.5 Å². The summed E-state index contributed by atoms with van der Waals surface area (Å²) in [7, 11) is 0. The van der Waals surface area contributed by atoms with Crippen molar-refractivity contribution in [2.24, 2.45) is 0 Å². The van der Waals surface area contributed by atoms with E-state index in [0.717, 1.165) is 17.7 Å². The predicted molar refractivity (Wildman–Crippen MR) is 158 cm³/mol. The molecule has 0 aliphatic carbocycles. The highest BCUT2D eigenvalue weighted by atomic mass is 35.5. The normalized spacial score (nSPS) is 23.5. The lowest BCUT2D eigenvalue weighted by molar-refractivity contribution is -0.302. The number of fused-ring (bicyclic) bond motifs is 1. The van der Waals surface area contributed by atoms with Crippen LogP contribution in [0.5, 0.6) is 0 Å². The van der Waals surface area contributed by atoms with Crippen molar-refractivity contribution in [3.8, 4) is 16.9 Å². The molecule has 5 aromatic rings. The first-order valence-corrected chi connectivity index (χ1v) is 14.8. The van der Waals surface area contributed by atoms with Gasteiger partial charge in [-0.05, 0) is 37.3 Å². The molecule has 0 saturated carbocycles. The molecule has 0 unspecified atom stereocenters. The first kappa shape index (κ1) is 29.3. The summed E-state index contributed by atoms with van der Waals surface area (Å²) in [4.78, 5) is 4.69. The van der Waals surface area contributed by atoms with E-state index in [4.69, 9.17) is 54.0 Å². The molecule has 14 heteroatoms. The Kier molecular flexibility index (Phi) is 7.86. The van der Waals surface area contributed by atoms with E-state index in [0.29, 0.717) is 33.8 Å². The van der Waals surface area contributed by atoms with Crippen molar-refractivity contribution in [1.29, 1.82) is 0 Å². The number of halogens is 5. The van der Waals surface area contributed by atoms with Gasteiger partial charge in [0.05, 0.1) is 29.6 Å². The van der Waals surface area contributed by atoms with Gasteiger partial charge in [-0.25, -0.2) is 23.1 Å². The highest BCUT2D eigenvalue weighted by molar-refractivity contribution is 6.34. The molecule has 2 aliphatic heterocycles. The van der Waals surface area contributed by atoms with E-state index < -0.39 is 47.3 Å². The molecule has 0 N–H and O–H groups in total. The van der Waals surface area contributed by atoms with Crippen molar-refractivity contribution < 1.29 is 23.0 Å². The van der Waals surface area contributed by atoms with E-state index in [1.807, 2.05) is 30.3 Å². The van der Waals surface area contributed by atoms with Crippen LogP contribution in [0.2, 0.25) is 15.1 Å². The molecular formula is C30H23Cl3F2N6O3. The fourth-order valence-electron chi connectivity index (χ4n) is 5.57. The summed E-state index contributed by atoms with van der Waals surface area (Å²) in [5.41, 5.74) is 1.85. The van der Waals surface area contributed by atoms with Crippen LogP contribution >= 0.6 is 34.8 Å². The molecule has 44 heavy (non-hydrogen) atoms. The maximum absolute atomic E-state index is 14.3. The van der Waals surface area contributed by atoms with Crippen LogP contribution in [0.1, 0.15) is 42.1 Å². The average Bonchev–Trinajstić information content (AvgIpc) is 3.68. The summed E-state index contributed by atoms with van der Waals surface area (Å²) in [5, 5.41) is 13.5. The number of ether oxygens (including phenoxy) is 3.